The second-order valence-corrected chi connectivity index (χ2v) is 1.99. The largest absolute Gasteiger partial charge is 1.00 e. The molecule has 66 valence electrons. The molecule has 0 unspecified atom stereocenters. The maximum atomic E-state index is 10.4. The second-order valence-electron chi connectivity index (χ2n) is 1.99. The van der Waals surface area contributed by atoms with Gasteiger partial charge in [-0.1, -0.05) is 0 Å². The number of hydrogen-bond acceptors (Lipinski definition) is 5. The Balaban J connectivity index is 0. The van der Waals surface area contributed by atoms with Crippen molar-refractivity contribution in [2.24, 2.45) is 0 Å². The Morgan fingerprint density at radius 1 is 1.38 bits per heavy atom. The van der Waals surface area contributed by atoms with Crippen molar-refractivity contribution in [3.8, 4) is 11.8 Å². The third-order valence-electron chi connectivity index (χ3n) is 1.06. The molecule has 0 fully saturated rings. The fourth-order valence-electron chi connectivity index (χ4n) is 0.610. The van der Waals surface area contributed by atoms with E-state index < -0.39 is 5.97 Å². The average Bonchev–Trinajstić information content (AvgIpc) is 2.05. The van der Waals surface area contributed by atoms with Gasteiger partial charge in [0.1, 0.15) is 0 Å². The number of esters is 1. The second kappa shape index (κ2) is 5.57. The van der Waals surface area contributed by atoms with Crippen LogP contribution in [-0.2, 0) is 4.79 Å². The maximum Gasteiger partial charge on any atom is 1.00 e. The minimum atomic E-state index is -0.422. The Bertz CT molecular complexity index is 281. The van der Waals surface area contributed by atoms with Crippen LogP contribution in [0.3, 0.4) is 0 Å². The van der Waals surface area contributed by atoms with Crippen LogP contribution in [0.2, 0.25) is 0 Å². The van der Waals surface area contributed by atoms with Crippen LogP contribution in [-0.4, -0.2) is 23.0 Å². The van der Waals surface area contributed by atoms with Crippen molar-refractivity contribution < 1.29 is 34.6 Å². The monoisotopic (exact) mass is 176 g/mol. The third-order valence-corrected chi connectivity index (χ3v) is 1.06. The van der Waals surface area contributed by atoms with Gasteiger partial charge in [-0.15, -0.1) is 0 Å². The number of methoxy groups -OCH3 is 1. The molecule has 0 aliphatic rings. The molecule has 1 rings (SSSR count). The number of ether oxygens (including phenoxy) is 2. The number of hydrogen-bond donors (Lipinski definition) is 0. The molecule has 1 aromatic heterocycles. The van der Waals surface area contributed by atoms with E-state index in [1.54, 1.807) is 0 Å². The summed E-state index contributed by atoms with van der Waals surface area (Å²) < 4.78 is 9.41. The summed E-state index contributed by atoms with van der Waals surface area (Å²) >= 11 is 0. The van der Waals surface area contributed by atoms with E-state index in [1.807, 2.05) is 0 Å². The summed E-state index contributed by atoms with van der Waals surface area (Å²) in [7, 11) is 1.48. The quantitative estimate of drug-likeness (QED) is 0.369. The van der Waals surface area contributed by atoms with Crippen LogP contribution in [0.4, 0.5) is 0 Å². The Labute approximate surface area is 89.1 Å². The van der Waals surface area contributed by atoms with E-state index in [-0.39, 0.29) is 26.2 Å². The molecule has 0 aromatic carbocycles. The molecular formula is C7H9LiN2O3. The summed E-state index contributed by atoms with van der Waals surface area (Å²) in [6.07, 6.45) is 2.69. The van der Waals surface area contributed by atoms with E-state index >= 15 is 0 Å². The minimum Gasteiger partial charge on any atom is -1.00 e. The number of carbonyl (C=O) groups excluding carboxylic acids is 1. The molecule has 0 saturated carbocycles. The van der Waals surface area contributed by atoms with Gasteiger partial charge in [-0.25, -0.2) is 9.97 Å². The number of rotatable bonds is 2. The Kier molecular flexibility index (Phi) is 5.12. The molecule has 0 N–H and O–H groups in total. The zero-order chi connectivity index (χ0) is 8.97. The SMILES string of the molecule is COc1cnc(OC(C)=O)cn1.[H-].[Li+]. The van der Waals surface area contributed by atoms with Crippen molar-refractivity contribution >= 4 is 5.97 Å². The molecule has 6 heteroatoms. The van der Waals surface area contributed by atoms with Gasteiger partial charge in [0, 0.05) is 6.92 Å². The van der Waals surface area contributed by atoms with Crippen LogP contribution in [0, 0.1) is 0 Å². The first-order valence-electron chi connectivity index (χ1n) is 3.27. The zero-order valence-electron chi connectivity index (χ0n) is 8.77. The Hall–Kier alpha value is -1.05. The third kappa shape index (κ3) is 3.92. The molecule has 0 aliphatic carbocycles. The molecule has 0 saturated heterocycles. The first kappa shape index (κ1) is 11.9. The van der Waals surface area contributed by atoms with E-state index in [0.717, 1.165) is 0 Å². The van der Waals surface area contributed by atoms with Gasteiger partial charge in [0.25, 0.3) is 0 Å². The summed E-state index contributed by atoms with van der Waals surface area (Å²) in [5, 5.41) is 0. The fraction of sp³-hybridized carbons (Fsp3) is 0.286. The van der Waals surface area contributed by atoms with Gasteiger partial charge in [0.15, 0.2) is 0 Å². The summed E-state index contributed by atoms with van der Waals surface area (Å²) in [5.74, 6) is 0.128. The first-order valence-corrected chi connectivity index (χ1v) is 3.27. The van der Waals surface area contributed by atoms with Gasteiger partial charge >= 0.3 is 24.8 Å². The topological polar surface area (TPSA) is 61.3 Å². The first-order chi connectivity index (χ1) is 5.72. The van der Waals surface area contributed by atoms with Gasteiger partial charge in [0.05, 0.1) is 19.5 Å². The molecule has 0 aliphatic heterocycles. The van der Waals surface area contributed by atoms with Crippen molar-refractivity contribution in [1.82, 2.24) is 9.97 Å². The van der Waals surface area contributed by atoms with E-state index in [2.05, 4.69) is 14.7 Å². The Morgan fingerprint density at radius 2 is 1.92 bits per heavy atom. The van der Waals surface area contributed by atoms with E-state index in [1.165, 1.54) is 26.4 Å². The van der Waals surface area contributed by atoms with Crippen molar-refractivity contribution in [3.63, 3.8) is 0 Å². The summed E-state index contributed by atoms with van der Waals surface area (Å²) in [6.45, 7) is 1.30. The normalized spacial score (nSPS) is 8.46. The van der Waals surface area contributed by atoms with E-state index in [4.69, 9.17) is 4.74 Å². The standard InChI is InChI=1S/C7H8N2O3.Li.H/c1-5(10)12-7-4-8-6(11-2)3-9-7;;/h3-4H,1-2H3;;/q;+1;-1. The predicted octanol–water partition coefficient (Wildman–Crippen LogP) is -2.47. The minimum absolute atomic E-state index is 0. The van der Waals surface area contributed by atoms with Gasteiger partial charge in [0.2, 0.25) is 11.8 Å². The van der Waals surface area contributed by atoms with E-state index in [9.17, 15) is 4.79 Å². The van der Waals surface area contributed by atoms with Gasteiger partial charge in [-0.3, -0.25) is 4.79 Å². The van der Waals surface area contributed by atoms with Gasteiger partial charge in [-0.05, 0) is 0 Å². The number of nitrogens with zero attached hydrogens (tertiary/aromatic N) is 2. The molecular weight excluding hydrogens is 167 g/mol. The van der Waals surface area contributed by atoms with Crippen molar-refractivity contribution in [3.05, 3.63) is 12.4 Å². The molecule has 13 heavy (non-hydrogen) atoms. The van der Waals surface area contributed by atoms with Crippen molar-refractivity contribution in [2.45, 2.75) is 6.92 Å². The van der Waals surface area contributed by atoms with E-state index in [0.29, 0.717) is 5.88 Å². The summed E-state index contributed by atoms with van der Waals surface area (Å²) in [6, 6.07) is 0. The summed E-state index contributed by atoms with van der Waals surface area (Å²) in [4.78, 5) is 18.0. The fourth-order valence-corrected chi connectivity index (χ4v) is 0.610. The van der Waals surface area contributed by atoms with Crippen LogP contribution < -0.4 is 28.3 Å². The Morgan fingerprint density at radius 3 is 2.31 bits per heavy atom. The molecule has 0 spiro atoms. The molecule has 5 nitrogen and oxygen atoms in total. The molecule has 1 aromatic rings. The van der Waals surface area contributed by atoms with Crippen LogP contribution in [0.5, 0.6) is 11.8 Å². The van der Waals surface area contributed by atoms with Crippen LogP contribution in [0.15, 0.2) is 12.4 Å². The molecule has 0 amide bonds. The smallest absolute Gasteiger partial charge is 1.00 e. The van der Waals surface area contributed by atoms with Crippen LogP contribution in [0.25, 0.3) is 0 Å². The maximum absolute atomic E-state index is 10.4. The predicted molar refractivity (Wildman–Crippen MR) is 41.0 cm³/mol. The number of carbonyl (C=O) groups is 1. The molecule has 1 heterocycles. The van der Waals surface area contributed by atoms with Crippen molar-refractivity contribution in [2.75, 3.05) is 7.11 Å². The summed E-state index contributed by atoms with van der Waals surface area (Å²) in [5.41, 5.74) is 0. The van der Waals surface area contributed by atoms with Gasteiger partial charge < -0.3 is 10.9 Å². The zero-order valence-corrected chi connectivity index (χ0v) is 7.77. The molecule has 0 radical (unpaired) electrons. The van der Waals surface area contributed by atoms with Crippen molar-refractivity contribution in [1.29, 1.82) is 0 Å². The molecule has 0 atom stereocenters. The van der Waals surface area contributed by atoms with Gasteiger partial charge in [-0.2, -0.15) is 0 Å². The molecule has 0 bridgehead atoms. The van der Waals surface area contributed by atoms with Crippen LogP contribution in [0.1, 0.15) is 8.35 Å². The number of aromatic nitrogens is 2. The average molecular weight is 176 g/mol. The van der Waals surface area contributed by atoms with Crippen LogP contribution >= 0.6 is 0 Å².